The highest BCUT2D eigenvalue weighted by Crippen LogP contribution is 2.39. The highest BCUT2D eigenvalue weighted by molar-refractivity contribution is 9.10. The maximum atomic E-state index is 12.6. The molecule has 1 aromatic carbocycles. The highest BCUT2D eigenvalue weighted by Gasteiger charge is 2.36. The zero-order valence-electron chi connectivity index (χ0n) is 8.49. The quantitative estimate of drug-likeness (QED) is 0.683. The second-order valence-electron chi connectivity index (χ2n) is 3.25. The molecule has 0 heterocycles. The van der Waals surface area contributed by atoms with E-state index in [0.29, 0.717) is 12.1 Å². The first kappa shape index (κ1) is 14.4. The van der Waals surface area contributed by atoms with Crippen molar-refractivity contribution in [2.24, 2.45) is 0 Å². The highest BCUT2D eigenvalue weighted by atomic mass is 79.9. The lowest BCUT2D eigenvalue weighted by Gasteiger charge is -2.13. The van der Waals surface area contributed by atoms with Crippen LogP contribution in [0, 0.1) is 10.1 Å². The van der Waals surface area contributed by atoms with Gasteiger partial charge in [-0.05, 0) is 27.6 Å². The molecule has 0 radical (unpaired) electrons. The van der Waals surface area contributed by atoms with Gasteiger partial charge in [-0.25, -0.2) is 0 Å². The van der Waals surface area contributed by atoms with Gasteiger partial charge in [0.1, 0.15) is 0 Å². The smallest absolute Gasteiger partial charge is 0.416 e. The van der Waals surface area contributed by atoms with E-state index in [0.717, 1.165) is 0 Å². The van der Waals surface area contributed by atoms with Gasteiger partial charge in [0.25, 0.3) is 5.69 Å². The maximum absolute atomic E-state index is 12.6. The summed E-state index contributed by atoms with van der Waals surface area (Å²) in [6.45, 7) is 0. The molecule has 0 unspecified atom stereocenters. The van der Waals surface area contributed by atoms with Gasteiger partial charge in [-0.2, -0.15) is 13.2 Å². The zero-order valence-corrected chi connectivity index (χ0v) is 10.1. The summed E-state index contributed by atoms with van der Waals surface area (Å²) in [5.74, 6) is -1.51. The molecule has 5 nitrogen and oxygen atoms in total. The Morgan fingerprint density at radius 3 is 2.39 bits per heavy atom. The lowest BCUT2D eigenvalue weighted by molar-refractivity contribution is -0.385. The van der Waals surface area contributed by atoms with Gasteiger partial charge in [0.05, 0.1) is 21.4 Å². The number of benzene rings is 1. The van der Waals surface area contributed by atoms with Gasteiger partial charge in [-0.3, -0.25) is 14.9 Å². The second kappa shape index (κ2) is 4.92. The van der Waals surface area contributed by atoms with Gasteiger partial charge in [0, 0.05) is 6.07 Å². The number of alkyl halides is 3. The number of nitro benzene ring substituents is 1. The molecule has 1 aromatic rings. The monoisotopic (exact) mass is 327 g/mol. The molecule has 18 heavy (non-hydrogen) atoms. The summed E-state index contributed by atoms with van der Waals surface area (Å²) >= 11 is 2.65. The van der Waals surface area contributed by atoms with Crippen molar-refractivity contribution in [1.82, 2.24) is 0 Å². The molecule has 0 aromatic heterocycles. The molecule has 0 fully saturated rings. The summed E-state index contributed by atoms with van der Waals surface area (Å²) in [6.07, 6.45) is -5.74. The van der Waals surface area contributed by atoms with Crippen LogP contribution in [0.2, 0.25) is 0 Å². The normalized spacial score (nSPS) is 11.3. The van der Waals surface area contributed by atoms with E-state index in [1.54, 1.807) is 0 Å². The Morgan fingerprint density at radius 2 is 2.00 bits per heavy atom. The summed E-state index contributed by atoms with van der Waals surface area (Å²) in [6, 6.07) is 1.18. The van der Waals surface area contributed by atoms with Gasteiger partial charge < -0.3 is 5.11 Å². The number of hydrogen-bond donors (Lipinski definition) is 1. The number of hydrogen-bond acceptors (Lipinski definition) is 3. The lowest BCUT2D eigenvalue weighted by atomic mass is 10.0. The number of carbonyl (C=O) groups is 1. The summed E-state index contributed by atoms with van der Waals surface area (Å²) in [4.78, 5) is 20.2. The fraction of sp³-hybridized carbons (Fsp3) is 0.222. The third kappa shape index (κ3) is 2.97. The molecule has 0 aliphatic rings. The third-order valence-corrected chi connectivity index (χ3v) is 2.94. The second-order valence-corrected chi connectivity index (χ2v) is 4.04. The van der Waals surface area contributed by atoms with Crippen LogP contribution < -0.4 is 0 Å². The van der Waals surface area contributed by atoms with E-state index in [2.05, 4.69) is 15.9 Å². The molecule has 0 atom stereocenters. The van der Waals surface area contributed by atoms with Crippen molar-refractivity contribution in [2.75, 3.05) is 0 Å². The van der Waals surface area contributed by atoms with Crippen molar-refractivity contribution in [1.29, 1.82) is 0 Å². The largest absolute Gasteiger partial charge is 0.481 e. The molecule has 0 saturated heterocycles. The van der Waals surface area contributed by atoms with E-state index < -0.39 is 44.8 Å². The molecule has 0 aliphatic carbocycles. The Kier molecular flexibility index (Phi) is 3.95. The topological polar surface area (TPSA) is 80.4 Å². The molecular weight excluding hydrogens is 323 g/mol. The van der Waals surface area contributed by atoms with E-state index >= 15 is 0 Å². The van der Waals surface area contributed by atoms with Crippen LogP contribution in [0.15, 0.2) is 16.6 Å². The van der Waals surface area contributed by atoms with Crippen LogP contribution in [0.1, 0.15) is 11.1 Å². The predicted octanol–water partition coefficient (Wildman–Crippen LogP) is 3.00. The standard InChI is InChI=1S/C9H5BrF3NO4/c10-8-4(3-7(15)16)5(9(11,12)13)1-2-6(8)14(17)18/h1-2H,3H2,(H,15,16). The molecule has 98 valence electrons. The van der Waals surface area contributed by atoms with Crippen LogP contribution in [0.25, 0.3) is 0 Å². The van der Waals surface area contributed by atoms with Crippen molar-refractivity contribution in [3.05, 3.63) is 37.8 Å². The molecular formula is C9H5BrF3NO4. The number of nitro groups is 1. The number of rotatable bonds is 3. The van der Waals surface area contributed by atoms with Crippen LogP contribution in [-0.2, 0) is 17.4 Å². The SMILES string of the molecule is O=C(O)Cc1c(C(F)(F)F)ccc([N+](=O)[O-])c1Br. The summed E-state index contributed by atoms with van der Waals surface area (Å²) in [5.41, 5.74) is -2.48. The summed E-state index contributed by atoms with van der Waals surface area (Å²) in [7, 11) is 0. The van der Waals surface area contributed by atoms with Crippen molar-refractivity contribution in [3.8, 4) is 0 Å². The fourth-order valence-electron chi connectivity index (χ4n) is 1.34. The molecule has 0 spiro atoms. The Hall–Kier alpha value is -1.64. The number of nitrogens with zero attached hydrogens (tertiary/aromatic N) is 1. The molecule has 0 bridgehead atoms. The predicted molar refractivity (Wildman–Crippen MR) is 57.1 cm³/mol. The average Bonchev–Trinajstić information content (AvgIpc) is 2.17. The molecule has 1 rings (SSSR count). The zero-order chi connectivity index (χ0) is 14.1. The first-order chi connectivity index (χ1) is 8.14. The fourth-order valence-corrected chi connectivity index (χ4v) is 1.97. The van der Waals surface area contributed by atoms with Gasteiger partial charge in [0.2, 0.25) is 0 Å². The van der Waals surface area contributed by atoms with Gasteiger partial charge in [-0.1, -0.05) is 0 Å². The molecule has 0 amide bonds. The first-order valence-corrected chi connectivity index (χ1v) is 5.18. The minimum absolute atomic E-state index is 0.468. The third-order valence-electron chi connectivity index (χ3n) is 2.05. The van der Waals surface area contributed by atoms with Crippen LogP contribution in [0.4, 0.5) is 18.9 Å². The number of carboxylic acids is 1. The van der Waals surface area contributed by atoms with Crippen LogP contribution in [-0.4, -0.2) is 16.0 Å². The maximum Gasteiger partial charge on any atom is 0.416 e. The molecule has 0 aliphatic heterocycles. The average molecular weight is 328 g/mol. The van der Waals surface area contributed by atoms with Crippen LogP contribution in [0.5, 0.6) is 0 Å². The van der Waals surface area contributed by atoms with E-state index in [1.807, 2.05) is 0 Å². The lowest BCUT2D eigenvalue weighted by Crippen LogP contribution is -2.13. The summed E-state index contributed by atoms with van der Waals surface area (Å²) in [5, 5.41) is 19.1. The minimum atomic E-state index is -4.78. The number of halogens is 4. The molecule has 0 saturated carbocycles. The van der Waals surface area contributed by atoms with E-state index in [1.165, 1.54) is 0 Å². The Balaban J connectivity index is 3.51. The van der Waals surface area contributed by atoms with Gasteiger partial charge >= 0.3 is 12.1 Å². The number of carboxylic acid groups (broad SMARTS) is 1. The minimum Gasteiger partial charge on any atom is -0.481 e. The van der Waals surface area contributed by atoms with Gasteiger partial charge in [-0.15, -0.1) is 0 Å². The summed E-state index contributed by atoms with van der Waals surface area (Å²) < 4.78 is 37.4. The Morgan fingerprint density at radius 1 is 1.44 bits per heavy atom. The molecule has 1 N–H and O–H groups in total. The van der Waals surface area contributed by atoms with E-state index in [-0.39, 0.29) is 0 Å². The Labute approximate surface area is 106 Å². The van der Waals surface area contributed by atoms with E-state index in [9.17, 15) is 28.1 Å². The molecule has 9 heteroatoms. The van der Waals surface area contributed by atoms with E-state index in [4.69, 9.17) is 5.11 Å². The van der Waals surface area contributed by atoms with Crippen molar-refractivity contribution in [2.45, 2.75) is 12.6 Å². The van der Waals surface area contributed by atoms with Crippen molar-refractivity contribution in [3.63, 3.8) is 0 Å². The number of aliphatic carboxylic acids is 1. The van der Waals surface area contributed by atoms with Crippen LogP contribution in [0.3, 0.4) is 0 Å². The van der Waals surface area contributed by atoms with Crippen molar-refractivity contribution >= 4 is 27.6 Å². The first-order valence-electron chi connectivity index (χ1n) is 4.39. The van der Waals surface area contributed by atoms with Gasteiger partial charge in [0.15, 0.2) is 0 Å². The van der Waals surface area contributed by atoms with Crippen molar-refractivity contribution < 1.29 is 28.0 Å². The Bertz CT molecular complexity index is 515. The van der Waals surface area contributed by atoms with Crippen LogP contribution >= 0.6 is 15.9 Å².